The summed E-state index contributed by atoms with van der Waals surface area (Å²) in [6, 6.07) is 3.93. The van der Waals surface area contributed by atoms with Crippen LogP contribution in [0.25, 0.3) is 0 Å². The monoisotopic (exact) mass is 317 g/mol. The van der Waals surface area contributed by atoms with Crippen LogP contribution in [0.3, 0.4) is 0 Å². The summed E-state index contributed by atoms with van der Waals surface area (Å²) in [4.78, 5) is 24.5. The zero-order chi connectivity index (χ0) is 15.5. The molecule has 1 atom stereocenters. The number of halogens is 2. The van der Waals surface area contributed by atoms with E-state index < -0.39 is 17.7 Å². The Morgan fingerprint density at radius 2 is 1.95 bits per heavy atom. The zero-order valence-corrected chi connectivity index (χ0v) is 13.3. The lowest BCUT2D eigenvalue weighted by Crippen LogP contribution is -2.37. The molecular formula is C14H17Cl2NO3. The van der Waals surface area contributed by atoms with Crippen molar-refractivity contribution in [2.75, 3.05) is 7.05 Å². The van der Waals surface area contributed by atoms with E-state index in [1.165, 1.54) is 18.0 Å². The number of rotatable bonds is 3. The molecule has 6 heteroatoms. The maximum atomic E-state index is 12.0. The van der Waals surface area contributed by atoms with Gasteiger partial charge in [-0.25, -0.2) is 4.79 Å². The Balaban J connectivity index is 3.01. The Hall–Kier alpha value is -1.26. The van der Waals surface area contributed by atoms with Crippen molar-refractivity contribution in [3.8, 4) is 0 Å². The Bertz CT molecular complexity index is 512. The average Bonchev–Trinajstić information content (AvgIpc) is 2.30. The van der Waals surface area contributed by atoms with Gasteiger partial charge in [-0.2, -0.15) is 0 Å². The number of likely N-dealkylation sites (N-methyl/N-ethyl adjacent to an activating group) is 1. The van der Waals surface area contributed by atoms with Gasteiger partial charge < -0.3 is 9.53 Å². The molecule has 1 unspecified atom stereocenters. The molecule has 0 fully saturated rings. The minimum absolute atomic E-state index is 0.324. The first-order chi connectivity index (χ1) is 9.15. The van der Waals surface area contributed by atoms with Crippen LogP contribution in [0.5, 0.6) is 0 Å². The maximum absolute atomic E-state index is 12.0. The number of ether oxygens (including phenoxy) is 1. The highest BCUT2D eigenvalue weighted by Gasteiger charge is 2.27. The number of nitrogens with zero attached hydrogens (tertiary/aromatic N) is 1. The number of hydrogen-bond acceptors (Lipinski definition) is 3. The van der Waals surface area contributed by atoms with Gasteiger partial charge in [0.05, 0.1) is 0 Å². The molecule has 0 saturated carbocycles. The van der Waals surface area contributed by atoms with Crippen molar-refractivity contribution in [1.29, 1.82) is 0 Å². The van der Waals surface area contributed by atoms with Crippen molar-refractivity contribution < 1.29 is 14.3 Å². The summed E-state index contributed by atoms with van der Waals surface area (Å²) < 4.78 is 5.23. The van der Waals surface area contributed by atoms with Crippen LogP contribution < -0.4 is 0 Å². The van der Waals surface area contributed by atoms with Crippen molar-refractivity contribution >= 4 is 35.6 Å². The summed E-state index contributed by atoms with van der Waals surface area (Å²) >= 11 is 11.9. The Kier molecular flexibility index (Phi) is 5.42. The first-order valence-corrected chi connectivity index (χ1v) is 6.77. The number of aldehydes is 1. The SMILES string of the molecule is CN(C(=O)OC(C)(C)C)C(C=O)c1ccc(Cl)cc1Cl. The predicted octanol–water partition coefficient (Wildman–Crippen LogP) is 4.10. The third kappa shape index (κ3) is 4.39. The van der Waals surface area contributed by atoms with Gasteiger partial charge in [-0.3, -0.25) is 4.90 Å². The fourth-order valence-corrected chi connectivity index (χ4v) is 2.08. The van der Waals surface area contributed by atoms with E-state index in [0.29, 0.717) is 21.9 Å². The number of benzene rings is 1. The van der Waals surface area contributed by atoms with Gasteiger partial charge in [-0.05, 0) is 32.9 Å². The van der Waals surface area contributed by atoms with Gasteiger partial charge in [-0.15, -0.1) is 0 Å². The quantitative estimate of drug-likeness (QED) is 0.788. The molecule has 0 aliphatic carbocycles. The van der Waals surface area contributed by atoms with Crippen LogP contribution in [-0.2, 0) is 9.53 Å². The van der Waals surface area contributed by atoms with Gasteiger partial charge in [0.15, 0.2) is 0 Å². The van der Waals surface area contributed by atoms with Crippen LogP contribution in [0.1, 0.15) is 32.4 Å². The van der Waals surface area contributed by atoms with Crippen LogP contribution in [0, 0.1) is 0 Å². The normalized spacial score (nSPS) is 12.7. The third-order valence-electron chi connectivity index (χ3n) is 2.51. The second-order valence-corrected chi connectivity index (χ2v) is 6.18. The van der Waals surface area contributed by atoms with Crippen molar-refractivity contribution in [2.24, 2.45) is 0 Å². The van der Waals surface area contributed by atoms with Crippen LogP contribution in [0.15, 0.2) is 18.2 Å². The van der Waals surface area contributed by atoms with Crippen LogP contribution in [-0.4, -0.2) is 29.9 Å². The number of amides is 1. The van der Waals surface area contributed by atoms with E-state index in [1.54, 1.807) is 32.9 Å². The number of hydrogen-bond donors (Lipinski definition) is 0. The highest BCUT2D eigenvalue weighted by atomic mass is 35.5. The van der Waals surface area contributed by atoms with Crippen LogP contribution in [0.2, 0.25) is 10.0 Å². The molecule has 0 bridgehead atoms. The molecule has 1 aromatic rings. The maximum Gasteiger partial charge on any atom is 0.410 e. The van der Waals surface area contributed by atoms with E-state index in [2.05, 4.69) is 0 Å². The van der Waals surface area contributed by atoms with Crippen molar-refractivity contribution in [3.63, 3.8) is 0 Å². The summed E-state index contributed by atoms with van der Waals surface area (Å²) in [5, 5.41) is 0.785. The first kappa shape index (κ1) is 16.8. The van der Waals surface area contributed by atoms with E-state index in [1.807, 2.05) is 0 Å². The second kappa shape index (κ2) is 6.46. The number of carbonyl (C=O) groups excluding carboxylic acids is 2. The molecule has 0 aliphatic rings. The van der Waals surface area contributed by atoms with Crippen molar-refractivity contribution in [3.05, 3.63) is 33.8 Å². The topological polar surface area (TPSA) is 46.6 Å². The highest BCUT2D eigenvalue weighted by Crippen LogP contribution is 2.29. The highest BCUT2D eigenvalue weighted by molar-refractivity contribution is 6.35. The summed E-state index contributed by atoms with van der Waals surface area (Å²) in [6.45, 7) is 5.26. The van der Waals surface area contributed by atoms with E-state index in [9.17, 15) is 9.59 Å². The minimum atomic E-state index is -0.824. The lowest BCUT2D eigenvalue weighted by atomic mass is 10.1. The van der Waals surface area contributed by atoms with Crippen LogP contribution >= 0.6 is 23.2 Å². The molecule has 0 aromatic heterocycles. The molecule has 20 heavy (non-hydrogen) atoms. The first-order valence-electron chi connectivity index (χ1n) is 6.02. The van der Waals surface area contributed by atoms with Gasteiger partial charge in [0.25, 0.3) is 0 Å². The van der Waals surface area contributed by atoms with E-state index in [0.717, 1.165) is 0 Å². The fourth-order valence-electron chi connectivity index (χ4n) is 1.56. The molecule has 0 heterocycles. The number of carbonyl (C=O) groups is 2. The standard InChI is InChI=1S/C14H17Cl2NO3/c1-14(2,3)20-13(19)17(4)12(8-18)10-6-5-9(15)7-11(10)16/h5-8,12H,1-4H3. The third-order valence-corrected chi connectivity index (χ3v) is 3.07. The summed E-state index contributed by atoms with van der Waals surface area (Å²) in [7, 11) is 1.48. The molecule has 4 nitrogen and oxygen atoms in total. The lowest BCUT2D eigenvalue weighted by Gasteiger charge is -2.28. The van der Waals surface area contributed by atoms with E-state index in [-0.39, 0.29) is 0 Å². The molecule has 0 radical (unpaired) electrons. The molecule has 0 spiro atoms. The van der Waals surface area contributed by atoms with Gasteiger partial charge in [0.2, 0.25) is 0 Å². The average molecular weight is 318 g/mol. The van der Waals surface area contributed by atoms with Crippen molar-refractivity contribution in [1.82, 2.24) is 4.90 Å². The zero-order valence-electron chi connectivity index (χ0n) is 11.8. The predicted molar refractivity (Wildman–Crippen MR) is 79.3 cm³/mol. The molecule has 0 N–H and O–H groups in total. The van der Waals surface area contributed by atoms with Crippen LogP contribution in [0.4, 0.5) is 4.79 Å². The van der Waals surface area contributed by atoms with Crippen molar-refractivity contribution in [2.45, 2.75) is 32.4 Å². The van der Waals surface area contributed by atoms with E-state index >= 15 is 0 Å². The molecule has 0 aliphatic heterocycles. The smallest absolute Gasteiger partial charge is 0.410 e. The Morgan fingerprint density at radius 3 is 2.40 bits per heavy atom. The Labute approximate surface area is 128 Å². The summed E-state index contributed by atoms with van der Waals surface area (Å²) in [5.74, 6) is 0. The Morgan fingerprint density at radius 1 is 1.35 bits per heavy atom. The van der Waals surface area contributed by atoms with Gasteiger partial charge in [0, 0.05) is 22.7 Å². The molecular weight excluding hydrogens is 301 g/mol. The molecule has 0 saturated heterocycles. The molecule has 110 valence electrons. The van der Waals surface area contributed by atoms with Gasteiger partial charge in [0.1, 0.15) is 17.9 Å². The molecule has 1 amide bonds. The fraction of sp³-hybridized carbons (Fsp3) is 0.429. The largest absolute Gasteiger partial charge is 0.444 e. The second-order valence-electron chi connectivity index (χ2n) is 5.34. The van der Waals surface area contributed by atoms with E-state index in [4.69, 9.17) is 27.9 Å². The van der Waals surface area contributed by atoms with Gasteiger partial charge >= 0.3 is 6.09 Å². The molecule has 1 rings (SSSR count). The molecule has 1 aromatic carbocycles. The van der Waals surface area contributed by atoms with Gasteiger partial charge in [-0.1, -0.05) is 29.3 Å². The minimum Gasteiger partial charge on any atom is -0.444 e. The summed E-state index contributed by atoms with van der Waals surface area (Å²) in [6.07, 6.45) is 0.0413. The summed E-state index contributed by atoms with van der Waals surface area (Å²) in [5.41, 5.74) is -0.137. The lowest BCUT2D eigenvalue weighted by molar-refractivity contribution is -0.112.